The van der Waals surface area contributed by atoms with Crippen molar-refractivity contribution >= 4 is 10.8 Å². The Bertz CT molecular complexity index is 866. The normalized spacial score (nSPS) is 14.0. The van der Waals surface area contributed by atoms with E-state index in [9.17, 15) is 4.79 Å². The average molecular weight is 311 g/mol. The molecule has 0 saturated carbocycles. The molecule has 120 valence electrons. The van der Waals surface area contributed by atoms with Crippen molar-refractivity contribution in [1.29, 1.82) is 0 Å². The lowest BCUT2D eigenvalue weighted by molar-refractivity contribution is 0.359. The van der Waals surface area contributed by atoms with E-state index in [0.29, 0.717) is 11.9 Å². The van der Waals surface area contributed by atoms with Crippen LogP contribution in [0.4, 0.5) is 0 Å². The number of benzene rings is 1. The molecule has 0 amide bonds. The molecule has 2 aromatic heterocycles. The van der Waals surface area contributed by atoms with Crippen molar-refractivity contribution < 1.29 is 4.42 Å². The fraction of sp³-hybridized carbons (Fsp3) is 0.333. The summed E-state index contributed by atoms with van der Waals surface area (Å²) >= 11 is 0. The van der Waals surface area contributed by atoms with Crippen LogP contribution in [0.15, 0.2) is 51.8 Å². The van der Waals surface area contributed by atoms with Gasteiger partial charge in [-0.15, -0.1) is 0 Å². The molecule has 0 radical (unpaired) electrons. The topological polar surface area (TPSA) is 60.1 Å². The minimum Gasteiger partial charge on any atom is -0.465 e. The first-order chi connectivity index (χ1) is 11.0. The highest BCUT2D eigenvalue weighted by molar-refractivity contribution is 5.80. The number of hydrogen-bond donors (Lipinski definition) is 1. The molecule has 0 bridgehead atoms. The first-order valence-corrected chi connectivity index (χ1v) is 7.82. The smallest absolute Gasteiger partial charge is 0.274 e. The fourth-order valence-corrected chi connectivity index (χ4v) is 2.76. The highest BCUT2D eigenvalue weighted by Gasteiger charge is 2.14. The minimum absolute atomic E-state index is 0.0572. The zero-order valence-electron chi connectivity index (χ0n) is 13.6. The molecule has 0 aliphatic carbocycles. The van der Waals surface area contributed by atoms with Gasteiger partial charge in [-0.05, 0) is 39.0 Å². The Kier molecular flexibility index (Phi) is 4.30. The van der Waals surface area contributed by atoms with E-state index in [4.69, 9.17) is 4.42 Å². The van der Waals surface area contributed by atoms with E-state index in [-0.39, 0.29) is 17.6 Å². The predicted molar refractivity (Wildman–Crippen MR) is 90.5 cm³/mol. The molecule has 23 heavy (non-hydrogen) atoms. The average Bonchev–Trinajstić information content (AvgIpc) is 2.97. The van der Waals surface area contributed by atoms with Gasteiger partial charge in [-0.1, -0.05) is 18.2 Å². The summed E-state index contributed by atoms with van der Waals surface area (Å²) in [6, 6.07) is 11.6. The Hall–Kier alpha value is -2.40. The lowest BCUT2D eigenvalue weighted by Crippen LogP contribution is -2.36. The van der Waals surface area contributed by atoms with Gasteiger partial charge in [0.15, 0.2) is 0 Å². The first-order valence-electron chi connectivity index (χ1n) is 7.82. The Morgan fingerprint density at radius 3 is 2.74 bits per heavy atom. The second kappa shape index (κ2) is 6.38. The van der Waals surface area contributed by atoms with Gasteiger partial charge >= 0.3 is 0 Å². The largest absolute Gasteiger partial charge is 0.465 e. The van der Waals surface area contributed by atoms with Gasteiger partial charge in [-0.2, -0.15) is 5.10 Å². The van der Waals surface area contributed by atoms with Crippen LogP contribution in [-0.2, 0) is 6.54 Å². The quantitative estimate of drug-likeness (QED) is 0.787. The molecule has 3 aromatic rings. The Balaban J connectivity index is 1.74. The lowest BCUT2D eigenvalue weighted by atomic mass is 10.2. The molecule has 5 nitrogen and oxygen atoms in total. The van der Waals surface area contributed by atoms with Crippen LogP contribution < -0.4 is 10.9 Å². The number of aryl methyl sites for hydroxylation is 1. The van der Waals surface area contributed by atoms with Crippen LogP contribution in [0.3, 0.4) is 0 Å². The summed E-state index contributed by atoms with van der Waals surface area (Å²) in [6.45, 7) is 6.52. The van der Waals surface area contributed by atoms with E-state index < -0.39 is 0 Å². The van der Waals surface area contributed by atoms with Crippen LogP contribution in [0.25, 0.3) is 10.8 Å². The van der Waals surface area contributed by atoms with Crippen LogP contribution in [0.5, 0.6) is 0 Å². The van der Waals surface area contributed by atoms with Crippen molar-refractivity contribution in [3.63, 3.8) is 0 Å². The maximum absolute atomic E-state index is 12.5. The van der Waals surface area contributed by atoms with Gasteiger partial charge < -0.3 is 9.73 Å². The zero-order valence-corrected chi connectivity index (χ0v) is 13.6. The third kappa shape index (κ3) is 3.35. The van der Waals surface area contributed by atoms with E-state index in [1.807, 2.05) is 57.2 Å². The number of rotatable bonds is 5. The number of furan rings is 1. The summed E-state index contributed by atoms with van der Waals surface area (Å²) in [5.74, 6) is 1.79. The number of nitrogens with one attached hydrogen (secondary N) is 1. The second-order valence-electron chi connectivity index (χ2n) is 5.96. The molecule has 0 spiro atoms. The molecule has 0 unspecified atom stereocenters. The molecule has 2 atom stereocenters. The predicted octanol–water partition coefficient (Wildman–Crippen LogP) is 3.04. The van der Waals surface area contributed by atoms with Gasteiger partial charge in [0.1, 0.15) is 11.5 Å². The molecule has 1 N–H and O–H groups in total. The molecular formula is C18H21N3O2. The van der Waals surface area contributed by atoms with Crippen LogP contribution in [0.2, 0.25) is 0 Å². The molecule has 0 saturated heterocycles. The monoisotopic (exact) mass is 311 g/mol. The van der Waals surface area contributed by atoms with E-state index in [1.165, 1.54) is 4.68 Å². The summed E-state index contributed by atoms with van der Waals surface area (Å²) in [5, 5.41) is 9.28. The van der Waals surface area contributed by atoms with Crippen molar-refractivity contribution in [3.8, 4) is 0 Å². The molecule has 2 heterocycles. The molecule has 0 aliphatic rings. The second-order valence-corrected chi connectivity index (χ2v) is 5.96. The summed E-state index contributed by atoms with van der Waals surface area (Å²) < 4.78 is 7.15. The number of hydrogen-bond acceptors (Lipinski definition) is 4. The van der Waals surface area contributed by atoms with E-state index in [1.54, 1.807) is 6.20 Å². The van der Waals surface area contributed by atoms with Crippen molar-refractivity contribution in [2.45, 2.75) is 39.4 Å². The molecule has 3 rings (SSSR count). The van der Waals surface area contributed by atoms with Crippen molar-refractivity contribution in [1.82, 2.24) is 15.1 Å². The maximum atomic E-state index is 12.5. The van der Waals surface area contributed by atoms with Crippen molar-refractivity contribution in [3.05, 3.63) is 64.5 Å². The summed E-state index contributed by atoms with van der Waals surface area (Å²) in [6.07, 6.45) is 1.74. The number of nitrogens with zero attached hydrogens (tertiary/aromatic N) is 2. The third-order valence-corrected chi connectivity index (χ3v) is 3.93. The minimum atomic E-state index is -0.0572. The zero-order chi connectivity index (χ0) is 16.4. The third-order valence-electron chi connectivity index (χ3n) is 3.93. The number of fused-ring (bicyclic) bond motifs is 1. The van der Waals surface area contributed by atoms with E-state index >= 15 is 0 Å². The standard InChI is InChI=1S/C18H21N3O2/c1-12(20-14(3)17-9-8-13(2)23-17)11-21-18(22)16-7-5-4-6-15(16)10-19-21/h4-10,12,14,20H,11H2,1-3H3/t12-,14-/m1/s1. The first kappa shape index (κ1) is 15.5. The van der Waals surface area contributed by atoms with Crippen LogP contribution in [0, 0.1) is 6.92 Å². The van der Waals surface area contributed by atoms with Crippen LogP contribution in [0.1, 0.15) is 31.4 Å². The van der Waals surface area contributed by atoms with Crippen LogP contribution in [-0.4, -0.2) is 15.8 Å². The Morgan fingerprint density at radius 1 is 1.22 bits per heavy atom. The Morgan fingerprint density at radius 2 is 2.00 bits per heavy atom. The molecule has 0 fully saturated rings. The van der Waals surface area contributed by atoms with Crippen molar-refractivity contribution in [2.75, 3.05) is 0 Å². The maximum Gasteiger partial charge on any atom is 0.274 e. The molecule has 0 aliphatic heterocycles. The van der Waals surface area contributed by atoms with Gasteiger partial charge in [0.05, 0.1) is 24.2 Å². The summed E-state index contributed by atoms with van der Waals surface area (Å²) in [4.78, 5) is 12.5. The summed E-state index contributed by atoms with van der Waals surface area (Å²) in [5.41, 5.74) is -0.0572. The van der Waals surface area contributed by atoms with Crippen LogP contribution >= 0.6 is 0 Å². The fourth-order valence-electron chi connectivity index (χ4n) is 2.76. The van der Waals surface area contributed by atoms with Gasteiger partial charge in [-0.25, -0.2) is 4.68 Å². The highest BCUT2D eigenvalue weighted by Crippen LogP contribution is 2.16. The molecule has 5 heteroatoms. The van der Waals surface area contributed by atoms with Crippen molar-refractivity contribution in [2.24, 2.45) is 0 Å². The molecule has 1 aromatic carbocycles. The lowest BCUT2D eigenvalue weighted by Gasteiger charge is -2.19. The van der Waals surface area contributed by atoms with Gasteiger partial charge in [0.2, 0.25) is 0 Å². The number of aromatic nitrogens is 2. The van der Waals surface area contributed by atoms with Gasteiger partial charge in [-0.3, -0.25) is 4.79 Å². The van der Waals surface area contributed by atoms with Gasteiger partial charge in [0, 0.05) is 11.4 Å². The van der Waals surface area contributed by atoms with E-state index in [0.717, 1.165) is 16.9 Å². The highest BCUT2D eigenvalue weighted by atomic mass is 16.3. The Labute approximate surface area is 134 Å². The molecular weight excluding hydrogens is 290 g/mol. The van der Waals surface area contributed by atoms with Gasteiger partial charge in [0.25, 0.3) is 5.56 Å². The summed E-state index contributed by atoms with van der Waals surface area (Å²) in [7, 11) is 0. The van der Waals surface area contributed by atoms with E-state index in [2.05, 4.69) is 10.4 Å². The SMILES string of the molecule is Cc1ccc([C@@H](C)N[C@H](C)Cn2ncc3ccccc3c2=O)o1.